The van der Waals surface area contributed by atoms with E-state index in [1.54, 1.807) is 25.3 Å². The van der Waals surface area contributed by atoms with Gasteiger partial charge >= 0.3 is 6.03 Å². The third-order valence-electron chi connectivity index (χ3n) is 3.79. The number of ketones is 1. The lowest BCUT2D eigenvalue weighted by Crippen LogP contribution is -2.28. The molecule has 0 saturated carbocycles. The molecule has 0 unspecified atom stereocenters. The summed E-state index contributed by atoms with van der Waals surface area (Å²) >= 11 is 5.78. The highest BCUT2D eigenvalue weighted by Gasteiger charge is 2.00. The number of nitrogens with zero attached hydrogens (tertiary/aromatic N) is 1. The predicted octanol–water partition coefficient (Wildman–Crippen LogP) is 5.29. The molecule has 0 fully saturated rings. The van der Waals surface area contributed by atoms with E-state index in [0.717, 1.165) is 23.4 Å². The Morgan fingerprint density at radius 2 is 1.76 bits per heavy atom. The molecular formula is C23H28ClN3O2. The number of allylic oxidation sites excluding steroid dienone is 2. The number of amides is 2. The zero-order valence-corrected chi connectivity index (χ0v) is 18.1. The summed E-state index contributed by atoms with van der Waals surface area (Å²) in [5.74, 6) is 0.00473. The first kappa shape index (κ1) is 24.1. The van der Waals surface area contributed by atoms with Crippen molar-refractivity contribution in [3.8, 4) is 0 Å². The largest absolute Gasteiger partial charge is 0.338 e. The zero-order valence-electron chi connectivity index (χ0n) is 17.3. The van der Waals surface area contributed by atoms with Crippen LogP contribution in [0.4, 0.5) is 10.5 Å². The number of aryl methyl sites for hydroxylation is 1. The van der Waals surface area contributed by atoms with E-state index >= 15 is 0 Å². The lowest BCUT2D eigenvalue weighted by molar-refractivity contribution is -0.112. The Morgan fingerprint density at radius 1 is 1.07 bits per heavy atom. The number of hydrogen-bond donors (Lipinski definition) is 2. The van der Waals surface area contributed by atoms with Gasteiger partial charge in [0, 0.05) is 24.3 Å². The van der Waals surface area contributed by atoms with Gasteiger partial charge < -0.3 is 10.6 Å². The number of hydrogen-bond acceptors (Lipinski definition) is 3. The highest BCUT2D eigenvalue weighted by molar-refractivity contribution is 6.30. The zero-order chi connectivity index (χ0) is 21.6. The second-order valence-electron chi connectivity index (χ2n) is 6.10. The van der Waals surface area contributed by atoms with Crippen molar-refractivity contribution < 1.29 is 9.59 Å². The summed E-state index contributed by atoms with van der Waals surface area (Å²) in [4.78, 5) is 26.1. The lowest BCUT2D eigenvalue weighted by atomic mass is 10.1. The van der Waals surface area contributed by atoms with Crippen molar-refractivity contribution in [2.45, 2.75) is 27.2 Å². The van der Waals surface area contributed by atoms with E-state index in [2.05, 4.69) is 22.5 Å². The lowest BCUT2D eigenvalue weighted by Gasteiger charge is -2.06. The molecule has 2 aromatic rings. The van der Waals surface area contributed by atoms with Crippen molar-refractivity contribution in [2.75, 3.05) is 18.9 Å². The smallest absolute Gasteiger partial charge is 0.319 e. The first-order valence-electron chi connectivity index (χ1n) is 9.44. The van der Waals surface area contributed by atoms with Crippen LogP contribution in [-0.4, -0.2) is 31.1 Å². The van der Waals surface area contributed by atoms with Gasteiger partial charge in [0.15, 0.2) is 5.78 Å². The number of carbonyl (C=O) groups is 2. The molecule has 0 heterocycles. The molecule has 0 aliphatic heterocycles. The molecule has 0 atom stereocenters. The van der Waals surface area contributed by atoms with Crippen LogP contribution in [0.2, 0.25) is 5.02 Å². The monoisotopic (exact) mass is 413 g/mol. The maximum Gasteiger partial charge on any atom is 0.319 e. The number of nitrogens with one attached hydrogen (secondary N) is 2. The molecule has 2 rings (SSSR count). The van der Waals surface area contributed by atoms with Crippen LogP contribution < -0.4 is 10.6 Å². The van der Waals surface area contributed by atoms with Crippen LogP contribution in [0.3, 0.4) is 0 Å². The molecule has 29 heavy (non-hydrogen) atoms. The molecule has 6 heteroatoms. The molecule has 2 amide bonds. The van der Waals surface area contributed by atoms with Crippen LogP contribution >= 0.6 is 11.6 Å². The van der Waals surface area contributed by atoms with Gasteiger partial charge in [-0.05, 0) is 67.8 Å². The van der Waals surface area contributed by atoms with Crippen LogP contribution in [0.1, 0.15) is 31.9 Å². The number of aliphatic imine (C=N–C) groups is 1. The molecule has 0 bridgehead atoms. The van der Waals surface area contributed by atoms with Crippen LogP contribution in [0, 0.1) is 0 Å². The Balaban J connectivity index is 0.000000291. The van der Waals surface area contributed by atoms with Crippen LogP contribution in [0.25, 0.3) is 0 Å². The summed E-state index contributed by atoms with van der Waals surface area (Å²) in [5, 5.41) is 6.13. The van der Waals surface area contributed by atoms with E-state index in [-0.39, 0.29) is 11.8 Å². The number of anilines is 1. The van der Waals surface area contributed by atoms with E-state index in [9.17, 15) is 9.59 Å². The number of carbonyl (C=O) groups excluding carboxylic acids is 2. The van der Waals surface area contributed by atoms with Crippen LogP contribution in [0.15, 0.2) is 65.7 Å². The molecule has 0 spiro atoms. The maximum atomic E-state index is 11.2. The summed E-state index contributed by atoms with van der Waals surface area (Å²) in [6.45, 7) is 6.12. The normalized spacial score (nSPS) is 10.9. The highest BCUT2D eigenvalue weighted by atomic mass is 35.5. The standard InChI is InChI=1S/C12H12ClNO.C11H16N2O/c1-9(15)3-8-12(14-2)10-4-6-11(13)7-5-10;1-3-9-6-5-7-10(8-9)13-11(14)12-4-2/h3-8H,1-2H3;5-8H,3-4H2,1-2H3,(H2,12,13,14)/b8-3-,14-12?;. The summed E-state index contributed by atoms with van der Waals surface area (Å²) < 4.78 is 0. The number of rotatable bonds is 6. The average Bonchev–Trinajstić information content (AvgIpc) is 2.70. The second kappa shape index (κ2) is 13.3. The fraction of sp³-hybridized carbons (Fsp3) is 0.261. The Kier molecular flexibility index (Phi) is 11.1. The molecule has 0 aliphatic carbocycles. The Hall–Kier alpha value is -2.92. The third-order valence-corrected chi connectivity index (χ3v) is 4.04. The molecule has 0 saturated heterocycles. The van der Waals surface area contributed by atoms with Gasteiger partial charge in [-0.3, -0.25) is 9.79 Å². The van der Waals surface area contributed by atoms with Crippen molar-refractivity contribution in [3.05, 3.63) is 76.8 Å². The molecular weight excluding hydrogens is 386 g/mol. The average molecular weight is 414 g/mol. The quantitative estimate of drug-likeness (QED) is 0.498. The summed E-state index contributed by atoms with van der Waals surface area (Å²) in [7, 11) is 1.69. The van der Waals surface area contributed by atoms with E-state index < -0.39 is 0 Å². The van der Waals surface area contributed by atoms with E-state index in [0.29, 0.717) is 11.6 Å². The van der Waals surface area contributed by atoms with Crippen LogP contribution in [0.5, 0.6) is 0 Å². The van der Waals surface area contributed by atoms with Gasteiger partial charge in [0.1, 0.15) is 0 Å². The molecule has 0 aromatic heterocycles. The third kappa shape index (κ3) is 9.72. The summed E-state index contributed by atoms with van der Waals surface area (Å²) in [6, 6.07) is 15.0. The number of urea groups is 1. The molecule has 0 radical (unpaired) electrons. The van der Waals surface area contributed by atoms with Gasteiger partial charge in [-0.2, -0.15) is 0 Å². The minimum atomic E-state index is -0.152. The highest BCUT2D eigenvalue weighted by Crippen LogP contribution is 2.11. The fourth-order valence-electron chi connectivity index (χ4n) is 2.32. The first-order chi connectivity index (χ1) is 13.9. The van der Waals surface area contributed by atoms with Gasteiger partial charge in [0.25, 0.3) is 0 Å². The van der Waals surface area contributed by atoms with Gasteiger partial charge in [-0.1, -0.05) is 42.8 Å². The molecule has 2 N–H and O–H groups in total. The van der Waals surface area contributed by atoms with Crippen molar-refractivity contribution in [1.29, 1.82) is 0 Å². The fourth-order valence-corrected chi connectivity index (χ4v) is 2.45. The number of halogens is 1. The van der Waals surface area contributed by atoms with Crippen molar-refractivity contribution in [2.24, 2.45) is 4.99 Å². The van der Waals surface area contributed by atoms with E-state index in [1.807, 2.05) is 43.3 Å². The molecule has 154 valence electrons. The van der Waals surface area contributed by atoms with Crippen molar-refractivity contribution in [3.63, 3.8) is 0 Å². The Morgan fingerprint density at radius 3 is 2.31 bits per heavy atom. The topological polar surface area (TPSA) is 70.6 Å². The molecule has 5 nitrogen and oxygen atoms in total. The van der Waals surface area contributed by atoms with Gasteiger partial charge in [-0.25, -0.2) is 4.79 Å². The molecule has 2 aromatic carbocycles. The number of benzene rings is 2. The minimum Gasteiger partial charge on any atom is -0.338 e. The predicted molar refractivity (Wildman–Crippen MR) is 122 cm³/mol. The van der Waals surface area contributed by atoms with Crippen molar-refractivity contribution in [1.82, 2.24) is 5.32 Å². The van der Waals surface area contributed by atoms with Gasteiger partial charge in [0.05, 0.1) is 5.71 Å². The summed E-state index contributed by atoms with van der Waals surface area (Å²) in [6.07, 6.45) is 4.17. The second-order valence-corrected chi connectivity index (χ2v) is 6.53. The first-order valence-corrected chi connectivity index (χ1v) is 9.82. The van der Waals surface area contributed by atoms with E-state index in [1.165, 1.54) is 18.6 Å². The van der Waals surface area contributed by atoms with E-state index in [4.69, 9.17) is 11.6 Å². The maximum absolute atomic E-state index is 11.2. The SMILES string of the molecule is CCNC(=O)Nc1cccc(CC)c1.CN=C(/C=C\C(C)=O)c1ccc(Cl)cc1. The van der Waals surface area contributed by atoms with Gasteiger partial charge in [0.2, 0.25) is 0 Å². The van der Waals surface area contributed by atoms with Crippen LogP contribution in [-0.2, 0) is 11.2 Å². The summed E-state index contributed by atoms with van der Waals surface area (Å²) in [5.41, 5.74) is 3.77. The Labute approximate surface area is 177 Å². The molecule has 0 aliphatic rings. The van der Waals surface area contributed by atoms with Gasteiger partial charge in [-0.15, -0.1) is 0 Å². The van der Waals surface area contributed by atoms with Crippen molar-refractivity contribution >= 4 is 34.8 Å². The minimum absolute atomic E-state index is 0.00473. The Bertz CT molecular complexity index is 859.